The number of hydrogen-bond donors (Lipinski definition) is 1. The lowest BCUT2D eigenvalue weighted by Crippen LogP contribution is -2.36. The summed E-state index contributed by atoms with van der Waals surface area (Å²) in [5.74, 6) is -0.328. The standard InChI is InChI=1S/C14H14FN3O3S4/c15-9-1-3-11(4-2-9)18-14(22)24-13(17-18)23-7-12(19)16-10-5-6-25(20,21)8-10/h1-4,10H,5-8H2,(H,16,19)/t10-/m1/s1. The summed E-state index contributed by atoms with van der Waals surface area (Å²) >= 11 is 7.74. The molecule has 25 heavy (non-hydrogen) atoms. The molecule has 1 N–H and O–H groups in total. The Morgan fingerprint density at radius 1 is 1.44 bits per heavy atom. The topological polar surface area (TPSA) is 81.1 Å². The number of aromatic nitrogens is 2. The Morgan fingerprint density at radius 2 is 2.16 bits per heavy atom. The predicted octanol–water partition coefficient (Wildman–Crippen LogP) is 2.20. The normalized spacial score (nSPS) is 19.0. The van der Waals surface area contributed by atoms with E-state index in [1.807, 2.05) is 0 Å². The van der Waals surface area contributed by atoms with Crippen molar-refractivity contribution >= 4 is 51.1 Å². The van der Waals surface area contributed by atoms with Gasteiger partial charge in [-0.1, -0.05) is 23.1 Å². The summed E-state index contributed by atoms with van der Waals surface area (Å²) < 4.78 is 38.4. The first-order valence-electron chi connectivity index (χ1n) is 7.31. The van der Waals surface area contributed by atoms with Gasteiger partial charge < -0.3 is 5.32 Å². The van der Waals surface area contributed by atoms with Crippen LogP contribution in [0.25, 0.3) is 5.69 Å². The molecule has 0 bridgehead atoms. The Balaban J connectivity index is 1.59. The predicted molar refractivity (Wildman–Crippen MR) is 98.2 cm³/mol. The van der Waals surface area contributed by atoms with Crippen LogP contribution >= 0.6 is 35.3 Å². The zero-order valence-electron chi connectivity index (χ0n) is 12.8. The van der Waals surface area contributed by atoms with Gasteiger partial charge in [0.15, 0.2) is 18.1 Å². The van der Waals surface area contributed by atoms with Gasteiger partial charge in [-0.05, 0) is 42.9 Å². The maximum Gasteiger partial charge on any atom is 0.230 e. The van der Waals surface area contributed by atoms with E-state index in [-0.39, 0.29) is 35.0 Å². The molecule has 0 unspecified atom stereocenters. The third-order valence-electron chi connectivity index (χ3n) is 3.52. The van der Waals surface area contributed by atoms with E-state index >= 15 is 0 Å². The minimum atomic E-state index is -3.02. The van der Waals surface area contributed by atoms with Gasteiger partial charge in [-0.25, -0.2) is 17.5 Å². The van der Waals surface area contributed by atoms with Crippen molar-refractivity contribution in [2.75, 3.05) is 17.3 Å². The van der Waals surface area contributed by atoms with Crippen LogP contribution in [0.4, 0.5) is 4.39 Å². The van der Waals surface area contributed by atoms with Gasteiger partial charge >= 0.3 is 0 Å². The minimum absolute atomic E-state index is 0.00152. The van der Waals surface area contributed by atoms with Crippen LogP contribution in [-0.2, 0) is 14.6 Å². The molecule has 3 rings (SSSR count). The van der Waals surface area contributed by atoms with Gasteiger partial charge in [-0.15, -0.1) is 5.10 Å². The zero-order chi connectivity index (χ0) is 18.0. The monoisotopic (exact) mass is 419 g/mol. The van der Waals surface area contributed by atoms with Gasteiger partial charge in [-0.3, -0.25) is 4.79 Å². The van der Waals surface area contributed by atoms with Gasteiger partial charge in [0.05, 0.1) is 22.9 Å². The highest BCUT2D eigenvalue weighted by Crippen LogP contribution is 2.24. The number of hydrogen-bond acceptors (Lipinski definition) is 7. The van der Waals surface area contributed by atoms with Crippen LogP contribution in [-0.4, -0.2) is 47.4 Å². The van der Waals surface area contributed by atoms with E-state index in [0.29, 0.717) is 20.4 Å². The Bertz CT molecular complexity index is 937. The first-order valence-corrected chi connectivity index (χ1v) is 11.3. The number of thioether (sulfide) groups is 1. The van der Waals surface area contributed by atoms with Crippen molar-refractivity contribution in [3.63, 3.8) is 0 Å². The van der Waals surface area contributed by atoms with Gasteiger partial charge in [0.2, 0.25) is 5.91 Å². The molecule has 1 amide bonds. The zero-order valence-corrected chi connectivity index (χ0v) is 16.1. The molecule has 0 spiro atoms. The SMILES string of the molecule is O=C(CSc1nn(-c2ccc(F)cc2)c(=S)s1)N[C@@H]1CCS(=O)(=O)C1. The summed E-state index contributed by atoms with van der Waals surface area (Å²) in [6.45, 7) is 0. The van der Waals surface area contributed by atoms with Gasteiger partial charge in [0.1, 0.15) is 5.82 Å². The third kappa shape index (κ3) is 4.87. The second-order valence-corrected chi connectivity index (χ2v) is 10.6. The number of halogens is 1. The number of benzene rings is 1. The van der Waals surface area contributed by atoms with E-state index in [1.54, 1.807) is 12.1 Å². The summed E-state index contributed by atoms with van der Waals surface area (Å²) in [4.78, 5) is 12.0. The van der Waals surface area contributed by atoms with Crippen molar-refractivity contribution < 1.29 is 17.6 Å². The Kier molecular flexibility index (Phi) is 5.56. The second-order valence-electron chi connectivity index (χ2n) is 5.48. The summed E-state index contributed by atoms with van der Waals surface area (Å²) in [7, 11) is -3.02. The van der Waals surface area contributed by atoms with E-state index in [9.17, 15) is 17.6 Å². The van der Waals surface area contributed by atoms with Crippen LogP contribution in [0, 0.1) is 9.77 Å². The number of nitrogens with zero attached hydrogens (tertiary/aromatic N) is 2. The lowest BCUT2D eigenvalue weighted by molar-refractivity contribution is -0.119. The molecule has 0 saturated carbocycles. The number of amides is 1. The van der Waals surface area contributed by atoms with Crippen molar-refractivity contribution in [3.8, 4) is 5.69 Å². The highest BCUT2D eigenvalue weighted by molar-refractivity contribution is 8.01. The quantitative estimate of drug-likeness (QED) is 0.591. The molecule has 11 heteroatoms. The average molecular weight is 420 g/mol. The molecule has 1 aliphatic rings. The number of rotatable bonds is 5. The highest BCUT2D eigenvalue weighted by atomic mass is 32.2. The van der Waals surface area contributed by atoms with E-state index in [2.05, 4.69) is 10.4 Å². The van der Waals surface area contributed by atoms with E-state index in [4.69, 9.17) is 12.2 Å². The molecule has 134 valence electrons. The van der Waals surface area contributed by atoms with Crippen LogP contribution in [0.15, 0.2) is 28.6 Å². The Hall–Kier alpha value is -1.30. The average Bonchev–Trinajstić information content (AvgIpc) is 3.08. The molecule has 0 radical (unpaired) electrons. The second kappa shape index (κ2) is 7.52. The van der Waals surface area contributed by atoms with Crippen LogP contribution < -0.4 is 5.32 Å². The lowest BCUT2D eigenvalue weighted by atomic mass is 10.3. The largest absolute Gasteiger partial charge is 0.352 e. The smallest absolute Gasteiger partial charge is 0.230 e. The number of sulfone groups is 1. The van der Waals surface area contributed by atoms with Crippen LogP contribution in [0.5, 0.6) is 0 Å². The maximum absolute atomic E-state index is 13.0. The molecule has 0 aliphatic carbocycles. The Morgan fingerprint density at radius 3 is 2.80 bits per heavy atom. The molecule has 1 aliphatic heterocycles. The number of carbonyl (C=O) groups is 1. The molecular weight excluding hydrogens is 405 g/mol. The van der Waals surface area contributed by atoms with Crippen molar-refractivity contribution in [2.45, 2.75) is 16.8 Å². The molecule has 6 nitrogen and oxygen atoms in total. The first kappa shape index (κ1) is 18.5. The van der Waals surface area contributed by atoms with Crippen LogP contribution in [0.1, 0.15) is 6.42 Å². The van der Waals surface area contributed by atoms with E-state index in [1.165, 1.54) is 39.9 Å². The lowest BCUT2D eigenvalue weighted by Gasteiger charge is -2.09. The molecule has 2 aromatic rings. The fraction of sp³-hybridized carbons (Fsp3) is 0.357. The van der Waals surface area contributed by atoms with E-state index in [0.717, 1.165) is 0 Å². The third-order valence-corrected chi connectivity index (χ3v) is 7.66. The first-order chi connectivity index (χ1) is 11.8. The highest BCUT2D eigenvalue weighted by Gasteiger charge is 2.28. The van der Waals surface area contributed by atoms with Crippen molar-refractivity contribution in [1.29, 1.82) is 0 Å². The van der Waals surface area contributed by atoms with Crippen molar-refractivity contribution in [3.05, 3.63) is 34.0 Å². The van der Waals surface area contributed by atoms with Gasteiger partial charge in [0.25, 0.3) is 0 Å². The summed E-state index contributed by atoms with van der Waals surface area (Å²) in [5, 5.41) is 7.06. The molecule has 1 atom stereocenters. The van der Waals surface area contributed by atoms with E-state index < -0.39 is 9.84 Å². The molecular formula is C14H14FN3O3S4. The number of carbonyl (C=O) groups excluding carboxylic acids is 1. The fourth-order valence-corrected chi connectivity index (χ4v) is 6.22. The van der Waals surface area contributed by atoms with Crippen molar-refractivity contribution in [2.24, 2.45) is 0 Å². The summed E-state index contributed by atoms with van der Waals surface area (Å²) in [6.07, 6.45) is 0.455. The molecule has 1 fully saturated rings. The van der Waals surface area contributed by atoms with Gasteiger partial charge in [-0.2, -0.15) is 0 Å². The summed E-state index contributed by atoms with van der Waals surface area (Å²) in [6, 6.07) is 5.49. The molecule has 1 aromatic carbocycles. The minimum Gasteiger partial charge on any atom is -0.352 e. The maximum atomic E-state index is 13.0. The fourth-order valence-electron chi connectivity index (χ4n) is 2.37. The molecule has 2 heterocycles. The van der Waals surface area contributed by atoms with Crippen LogP contribution in [0.3, 0.4) is 0 Å². The van der Waals surface area contributed by atoms with Crippen LogP contribution in [0.2, 0.25) is 0 Å². The Labute approximate surface area is 157 Å². The molecule has 1 aromatic heterocycles. The number of nitrogens with one attached hydrogen (secondary N) is 1. The van der Waals surface area contributed by atoms with Crippen molar-refractivity contribution in [1.82, 2.24) is 15.1 Å². The summed E-state index contributed by atoms with van der Waals surface area (Å²) in [5.41, 5.74) is 0.648. The molecule has 1 saturated heterocycles. The van der Waals surface area contributed by atoms with Gasteiger partial charge in [0, 0.05) is 6.04 Å².